The fraction of sp³-hybridized carbons (Fsp3) is 0.421. The van der Waals surface area contributed by atoms with Gasteiger partial charge in [0.05, 0.1) is 7.11 Å². The SMILES string of the molecule is COc1ncccc1C(=O)N(C)[C@@H]1CCCN(c2cccc(C)n2)C1. The zero-order valence-electron chi connectivity index (χ0n) is 15.0. The molecule has 6 heteroatoms. The molecule has 2 aromatic rings. The van der Waals surface area contributed by atoms with Gasteiger partial charge >= 0.3 is 0 Å². The molecule has 132 valence electrons. The Kier molecular flexibility index (Phi) is 5.16. The summed E-state index contributed by atoms with van der Waals surface area (Å²) in [6.45, 7) is 3.74. The largest absolute Gasteiger partial charge is 0.480 e. The summed E-state index contributed by atoms with van der Waals surface area (Å²) in [5, 5.41) is 0. The number of carbonyl (C=O) groups excluding carboxylic acids is 1. The molecule has 1 atom stereocenters. The van der Waals surface area contributed by atoms with Crippen LogP contribution in [0.3, 0.4) is 0 Å². The number of aryl methyl sites for hydroxylation is 1. The van der Waals surface area contributed by atoms with E-state index in [1.165, 1.54) is 7.11 Å². The molecule has 0 saturated carbocycles. The van der Waals surface area contributed by atoms with Crippen molar-refractivity contribution in [2.24, 2.45) is 0 Å². The Morgan fingerprint density at radius 3 is 2.92 bits per heavy atom. The van der Waals surface area contributed by atoms with Gasteiger partial charge < -0.3 is 14.5 Å². The van der Waals surface area contributed by atoms with Crippen LogP contribution < -0.4 is 9.64 Å². The number of likely N-dealkylation sites (N-methyl/N-ethyl adjacent to an activating group) is 1. The zero-order chi connectivity index (χ0) is 17.8. The Balaban J connectivity index is 1.75. The van der Waals surface area contributed by atoms with Gasteiger partial charge in [0, 0.05) is 38.1 Å². The van der Waals surface area contributed by atoms with Gasteiger partial charge in [0.25, 0.3) is 5.91 Å². The van der Waals surface area contributed by atoms with E-state index in [-0.39, 0.29) is 11.9 Å². The number of methoxy groups -OCH3 is 1. The van der Waals surface area contributed by atoms with Crippen LogP contribution in [-0.2, 0) is 0 Å². The third kappa shape index (κ3) is 3.73. The zero-order valence-corrected chi connectivity index (χ0v) is 15.0. The molecule has 0 aromatic carbocycles. The van der Waals surface area contributed by atoms with Crippen molar-refractivity contribution < 1.29 is 9.53 Å². The highest BCUT2D eigenvalue weighted by molar-refractivity contribution is 5.96. The van der Waals surface area contributed by atoms with Crippen molar-refractivity contribution >= 4 is 11.7 Å². The molecule has 0 radical (unpaired) electrons. The van der Waals surface area contributed by atoms with E-state index < -0.39 is 0 Å². The number of amides is 1. The van der Waals surface area contributed by atoms with Gasteiger partial charge in [-0.05, 0) is 44.0 Å². The first-order valence-electron chi connectivity index (χ1n) is 8.55. The Morgan fingerprint density at radius 1 is 1.32 bits per heavy atom. The monoisotopic (exact) mass is 340 g/mol. The number of hydrogen-bond donors (Lipinski definition) is 0. The van der Waals surface area contributed by atoms with Crippen LogP contribution >= 0.6 is 0 Å². The van der Waals surface area contributed by atoms with Crippen LogP contribution in [0.5, 0.6) is 5.88 Å². The highest BCUT2D eigenvalue weighted by atomic mass is 16.5. The maximum absolute atomic E-state index is 12.9. The van der Waals surface area contributed by atoms with Gasteiger partial charge in [-0.1, -0.05) is 6.07 Å². The van der Waals surface area contributed by atoms with Gasteiger partial charge in [-0.15, -0.1) is 0 Å². The van der Waals surface area contributed by atoms with Crippen LogP contribution in [0.1, 0.15) is 28.9 Å². The van der Waals surface area contributed by atoms with Crippen LogP contribution in [0, 0.1) is 6.92 Å². The van der Waals surface area contributed by atoms with E-state index in [1.807, 2.05) is 37.1 Å². The first-order valence-corrected chi connectivity index (χ1v) is 8.55. The average molecular weight is 340 g/mol. The summed E-state index contributed by atoms with van der Waals surface area (Å²) in [5.41, 5.74) is 1.50. The highest BCUT2D eigenvalue weighted by Crippen LogP contribution is 2.23. The minimum absolute atomic E-state index is 0.0611. The third-order valence-electron chi connectivity index (χ3n) is 4.66. The number of piperidine rings is 1. The molecule has 0 unspecified atom stereocenters. The summed E-state index contributed by atoms with van der Waals surface area (Å²) in [6.07, 6.45) is 3.64. The second-order valence-electron chi connectivity index (χ2n) is 6.36. The third-order valence-corrected chi connectivity index (χ3v) is 4.66. The summed E-state index contributed by atoms with van der Waals surface area (Å²) in [5.74, 6) is 1.28. The summed E-state index contributed by atoms with van der Waals surface area (Å²) in [7, 11) is 3.39. The number of nitrogens with zero attached hydrogens (tertiary/aromatic N) is 4. The number of carbonyl (C=O) groups is 1. The molecule has 3 rings (SSSR count). The topological polar surface area (TPSA) is 58.6 Å². The molecule has 1 aliphatic rings. The predicted molar refractivity (Wildman–Crippen MR) is 97.1 cm³/mol. The summed E-state index contributed by atoms with van der Waals surface area (Å²) >= 11 is 0. The molecule has 0 N–H and O–H groups in total. The van der Waals surface area contributed by atoms with E-state index in [1.54, 1.807) is 18.3 Å². The normalized spacial score (nSPS) is 17.2. The molecule has 3 heterocycles. The Bertz CT molecular complexity index is 750. The van der Waals surface area contributed by atoms with E-state index >= 15 is 0 Å². The molecule has 1 aliphatic heterocycles. The maximum Gasteiger partial charge on any atom is 0.259 e. The van der Waals surface area contributed by atoms with Gasteiger partial charge in [-0.25, -0.2) is 9.97 Å². The molecule has 0 bridgehead atoms. The molecule has 0 aliphatic carbocycles. The van der Waals surface area contributed by atoms with Crippen molar-refractivity contribution in [2.45, 2.75) is 25.8 Å². The molecule has 25 heavy (non-hydrogen) atoms. The van der Waals surface area contributed by atoms with Crippen LogP contribution in [0.2, 0.25) is 0 Å². The number of pyridine rings is 2. The summed E-state index contributed by atoms with van der Waals surface area (Å²) < 4.78 is 5.23. The quantitative estimate of drug-likeness (QED) is 0.856. The minimum Gasteiger partial charge on any atom is -0.480 e. The van der Waals surface area contributed by atoms with Gasteiger partial charge in [0.2, 0.25) is 5.88 Å². The lowest BCUT2D eigenvalue weighted by Crippen LogP contribution is -2.49. The molecule has 0 spiro atoms. The average Bonchev–Trinajstić information content (AvgIpc) is 2.67. The summed E-state index contributed by atoms with van der Waals surface area (Å²) in [6, 6.07) is 9.70. The Hall–Kier alpha value is -2.63. The minimum atomic E-state index is -0.0611. The first-order chi connectivity index (χ1) is 12.1. The molecule has 2 aromatic heterocycles. The van der Waals surface area contributed by atoms with Gasteiger partial charge in [0.1, 0.15) is 11.4 Å². The van der Waals surface area contributed by atoms with Crippen molar-refractivity contribution in [2.75, 3.05) is 32.1 Å². The first kappa shape index (κ1) is 17.2. The van der Waals surface area contributed by atoms with Crippen LogP contribution in [-0.4, -0.2) is 54.1 Å². The standard InChI is InChI=1S/C19H24N4O2/c1-14-7-4-10-17(21-14)23-12-6-8-15(13-23)22(2)19(24)16-9-5-11-20-18(16)25-3/h4-5,7,9-11,15H,6,8,12-13H2,1-3H3/t15-/m1/s1. The lowest BCUT2D eigenvalue weighted by Gasteiger charge is -2.38. The number of hydrogen-bond acceptors (Lipinski definition) is 5. The van der Waals surface area contributed by atoms with Crippen molar-refractivity contribution in [3.8, 4) is 5.88 Å². The van der Waals surface area contributed by atoms with Crippen LogP contribution in [0.4, 0.5) is 5.82 Å². The molecule has 1 amide bonds. The lowest BCUT2D eigenvalue weighted by molar-refractivity contribution is 0.0713. The van der Waals surface area contributed by atoms with Gasteiger partial charge in [-0.3, -0.25) is 4.79 Å². The number of rotatable bonds is 4. The number of aromatic nitrogens is 2. The molecule has 1 saturated heterocycles. The number of anilines is 1. The fourth-order valence-corrected chi connectivity index (χ4v) is 3.26. The van der Waals surface area contributed by atoms with E-state index in [9.17, 15) is 4.79 Å². The Labute approximate surface area is 148 Å². The van der Waals surface area contributed by atoms with Gasteiger partial charge in [-0.2, -0.15) is 0 Å². The van der Waals surface area contributed by atoms with Crippen molar-refractivity contribution in [1.82, 2.24) is 14.9 Å². The maximum atomic E-state index is 12.9. The van der Waals surface area contributed by atoms with Crippen LogP contribution in [0.15, 0.2) is 36.5 Å². The van der Waals surface area contributed by atoms with E-state index in [4.69, 9.17) is 4.74 Å². The molecular formula is C19H24N4O2. The highest BCUT2D eigenvalue weighted by Gasteiger charge is 2.28. The second-order valence-corrected chi connectivity index (χ2v) is 6.36. The van der Waals surface area contributed by atoms with Crippen LogP contribution in [0.25, 0.3) is 0 Å². The van der Waals surface area contributed by atoms with E-state index in [0.717, 1.165) is 37.4 Å². The molecular weight excluding hydrogens is 316 g/mol. The van der Waals surface area contributed by atoms with Gasteiger partial charge in [0.15, 0.2) is 0 Å². The van der Waals surface area contributed by atoms with Crippen molar-refractivity contribution in [3.05, 3.63) is 47.8 Å². The smallest absolute Gasteiger partial charge is 0.259 e. The summed E-state index contributed by atoms with van der Waals surface area (Å²) in [4.78, 5) is 25.7. The second kappa shape index (κ2) is 7.51. The lowest BCUT2D eigenvalue weighted by atomic mass is 10.0. The fourth-order valence-electron chi connectivity index (χ4n) is 3.26. The predicted octanol–water partition coefficient (Wildman–Crippen LogP) is 2.53. The molecule has 6 nitrogen and oxygen atoms in total. The molecule has 1 fully saturated rings. The number of ether oxygens (including phenoxy) is 1. The van der Waals surface area contributed by atoms with Crippen molar-refractivity contribution in [1.29, 1.82) is 0 Å². The van der Waals surface area contributed by atoms with Crippen molar-refractivity contribution in [3.63, 3.8) is 0 Å². The Morgan fingerprint density at radius 2 is 2.16 bits per heavy atom. The van der Waals surface area contributed by atoms with E-state index in [0.29, 0.717) is 11.4 Å². The van der Waals surface area contributed by atoms with E-state index in [2.05, 4.69) is 14.9 Å².